The Kier molecular flexibility index (Phi) is 1.84. The summed E-state index contributed by atoms with van der Waals surface area (Å²) in [5.41, 5.74) is 0.955. The Morgan fingerprint density at radius 2 is 2.33 bits per heavy atom. The molecule has 0 spiro atoms. The van der Waals surface area contributed by atoms with E-state index in [9.17, 15) is 4.39 Å². The Morgan fingerprint density at radius 1 is 1.50 bits per heavy atom. The predicted molar refractivity (Wildman–Crippen MR) is 46.6 cm³/mol. The second-order valence-electron chi connectivity index (χ2n) is 2.38. The van der Waals surface area contributed by atoms with E-state index >= 15 is 0 Å². The lowest BCUT2D eigenvalue weighted by atomic mass is 10.2. The summed E-state index contributed by atoms with van der Waals surface area (Å²) in [6.07, 6.45) is 0. The van der Waals surface area contributed by atoms with Gasteiger partial charge in [-0.25, -0.2) is 4.39 Å². The summed E-state index contributed by atoms with van der Waals surface area (Å²) in [7, 11) is 0. The van der Waals surface area contributed by atoms with Gasteiger partial charge in [0.1, 0.15) is 5.69 Å². The van der Waals surface area contributed by atoms with Crippen LogP contribution >= 0.6 is 15.9 Å². The Morgan fingerprint density at radius 3 is 3.08 bits per heavy atom. The van der Waals surface area contributed by atoms with E-state index in [4.69, 9.17) is 4.52 Å². The Labute approximate surface area is 76.5 Å². The molecule has 1 aromatic carbocycles. The fourth-order valence-corrected chi connectivity index (χ4v) is 1.48. The number of aromatic nitrogens is 1. The van der Waals surface area contributed by atoms with Crippen LogP contribution in [0.1, 0.15) is 5.69 Å². The van der Waals surface area contributed by atoms with Crippen molar-refractivity contribution in [3.8, 4) is 0 Å². The largest absolute Gasteiger partial charge is 0.353 e. The van der Waals surface area contributed by atoms with Gasteiger partial charge in [0, 0.05) is 10.7 Å². The summed E-state index contributed by atoms with van der Waals surface area (Å²) in [6, 6.07) is 4.78. The normalized spacial score (nSPS) is 10.8. The van der Waals surface area contributed by atoms with E-state index in [1.54, 1.807) is 12.1 Å². The van der Waals surface area contributed by atoms with Crippen LogP contribution in [-0.4, -0.2) is 5.16 Å². The molecule has 62 valence electrons. The molecule has 0 atom stereocenters. The molecule has 0 bridgehead atoms. The summed E-state index contributed by atoms with van der Waals surface area (Å²) in [5.74, 6) is -0.368. The van der Waals surface area contributed by atoms with E-state index < -0.39 is 0 Å². The van der Waals surface area contributed by atoms with Crippen molar-refractivity contribution in [3.63, 3.8) is 0 Å². The molecule has 12 heavy (non-hydrogen) atoms. The quantitative estimate of drug-likeness (QED) is 0.704. The number of halogens is 2. The van der Waals surface area contributed by atoms with Crippen LogP contribution in [0.15, 0.2) is 22.7 Å². The lowest BCUT2D eigenvalue weighted by molar-refractivity contribution is 0.435. The van der Waals surface area contributed by atoms with Gasteiger partial charge < -0.3 is 4.52 Å². The van der Waals surface area contributed by atoms with Crippen LogP contribution in [-0.2, 0) is 5.33 Å². The van der Waals surface area contributed by atoms with Crippen LogP contribution in [0.2, 0.25) is 0 Å². The summed E-state index contributed by atoms with van der Waals surface area (Å²) >= 11 is 3.24. The van der Waals surface area contributed by atoms with Crippen LogP contribution in [0.25, 0.3) is 11.0 Å². The third kappa shape index (κ3) is 1.03. The summed E-state index contributed by atoms with van der Waals surface area (Å²) < 4.78 is 17.8. The molecule has 0 saturated carbocycles. The van der Waals surface area contributed by atoms with Gasteiger partial charge in [0.05, 0.1) is 0 Å². The highest BCUT2D eigenvalue weighted by Crippen LogP contribution is 2.22. The molecular weight excluding hydrogens is 225 g/mol. The predicted octanol–water partition coefficient (Wildman–Crippen LogP) is 2.86. The minimum atomic E-state index is -0.368. The van der Waals surface area contributed by atoms with E-state index in [1.165, 1.54) is 6.07 Å². The number of alkyl halides is 1. The zero-order valence-electron chi connectivity index (χ0n) is 6.05. The number of para-hydroxylation sites is 1. The van der Waals surface area contributed by atoms with Gasteiger partial charge in [0.15, 0.2) is 5.82 Å². The standard InChI is InChI=1S/C8H5BrFNO/c9-4-7-5-2-1-3-6(10)8(5)12-11-7/h1-3H,4H2. The Bertz CT molecular complexity index is 412. The van der Waals surface area contributed by atoms with Crippen molar-refractivity contribution in [1.82, 2.24) is 5.16 Å². The summed E-state index contributed by atoms with van der Waals surface area (Å²) in [6.45, 7) is 0. The van der Waals surface area contributed by atoms with Crippen LogP contribution < -0.4 is 0 Å². The first-order valence-electron chi connectivity index (χ1n) is 3.41. The van der Waals surface area contributed by atoms with Crippen molar-refractivity contribution >= 4 is 26.9 Å². The average Bonchev–Trinajstić information content (AvgIpc) is 2.49. The molecule has 0 N–H and O–H groups in total. The number of rotatable bonds is 1. The maximum absolute atomic E-state index is 13.0. The lowest BCUT2D eigenvalue weighted by Crippen LogP contribution is -1.77. The van der Waals surface area contributed by atoms with Crippen LogP contribution in [0.4, 0.5) is 4.39 Å². The fraction of sp³-hybridized carbons (Fsp3) is 0.125. The van der Waals surface area contributed by atoms with E-state index in [2.05, 4.69) is 21.1 Å². The number of hydrogen-bond donors (Lipinski definition) is 0. The van der Waals surface area contributed by atoms with Crippen LogP contribution in [0.5, 0.6) is 0 Å². The smallest absolute Gasteiger partial charge is 0.202 e. The monoisotopic (exact) mass is 229 g/mol. The van der Waals surface area contributed by atoms with Gasteiger partial charge in [-0.05, 0) is 12.1 Å². The number of hydrogen-bond acceptors (Lipinski definition) is 2. The third-order valence-corrected chi connectivity index (χ3v) is 2.18. The highest BCUT2D eigenvalue weighted by atomic mass is 79.9. The van der Waals surface area contributed by atoms with E-state index in [0.717, 1.165) is 11.1 Å². The fourth-order valence-electron chi connectivity index (χ4n) is 1.08. The zero-order chi connectivity index (χ0) is 8.55. The topological polar surface area (TPSA) is 26.0 Å². The third-order valence-electron chi connectivity index (χ3n) is 1.65. The molecule has 0 aliphatic rings. The van der Waals surface area contributed by atoms with Gasteiger partial charge in [0.2, 0.25) is 5.58 Å². The molecule has 2 nitrogen and oxygen atoms in total. The molecule has 0 aliphatic heterocycles. The maximum atomic E-state index is 13.0. The molecule has 2 rings (SSSR count). The molecule has 1 aromatic heterocycles. The SMILES string of the molecule is Fc1cccc2c(CBr)noc12. The van der Waals surface area contributed by atoms with Crippen LogP contribution in [0.3, 0.4) is 0 Å². The van der Waals surface area contributed by atoms with Crippen molar-refractivity contribution < 1.29 is 8.91 Å². The molecule has 4 heteroatoms. The highest BCUT2D eigenvalue weighted by Gasteiger charge is 2.09. The number of nitrogens with zero attached hydrogens (tertiary/aromatic N) is 1. The van der Waals surface area contributed by atoms with Gasteiger partial charge in [-0.3, -0.25) is 0 Å². The van der Waals surface area contributed by atoms with E-state index in [1.807, 2.05) is 0 Å². The first-order chi connectivity index (χ1) is 5.83. The minimum Gasteiger partial charge on any atom is -0.353 e. The van der Waals surface area contributed by atoms with Crippen molar-refractivity contribution in [1.29, 1.82) is 0 Å². The molecule has 2 aromatic rings. The molecule has 0 radical (unpaired) electrons. The molecule has 0 aliphatic carbocycles. The second-order valence-corrected chi connectivity index (χ2v) is 2.94. The van der Waals surface area contributed by atoms with Crippen LogP contribution in [0, 0.1) is 5.82 Å². The average molecular weight is 230 g/mol. The second kappa shape index (κ2) is 2.86. The van der Waals surface area contributed by atoms with Crippen molar-refractivity contribution in [2.75, 3.05) is 0 Å². The van der Waals surface area contributed by atoms with Gasteiger partial charge >= 0.3 is 0 Å². The summed E-state index contributed by atoms with van der Waals surface area (Å²) in [4.78, 5) is 0. The van der Waals surface area contributed by atoms with E-state index in [-0.39, 0.29) is 11.4 Å². The zero-order valence-corrected chi connectivity index (χ0v) is 7.64. The first-order valence-corrected chi connectivity index (χ1v) is 4.54. The van der Waals surface area contributed by atoms with Crippen molar-refractivity contribution in [2.24, 2.45) is 0 Å². The van der Waals surface area contributed by atoms with Crippen molar-refractivity contribution in [2.45, 2.75) is 5.33 Å². The van der Waals surface area contributed by atoms with Crippen molar-refractivity contribution in [3.05, 3.63) is 29.7 Å². The van der Waals surface area contributed by atoms with Gasteiger partial charge in [0.25, 0.3) is 0 Å². The summed E-state index contributed by atoms with van der Waals surface area (Å²) in [5, 5.41) is 5.01. The highest BCUT2D eigenvalue weighted by molar-refractivity contribution is 9.08. The Hall–Kier alpha value is -0.900. The number of benzene rings is 1. The van der Waals surface area contributed by atoms with Gasteiger partial charge in [-0.15, -0.1) is 0 Å². The minimum absolute atomic E-state index is 0.229. The number of fused-ring (bicyclic) bond motifs is 1. The molecular formula is C8H5BrFNO. The molecule has 0 saturated heterocycles. The molecule has 0 fully saturated rings. The van der Waals surface area contributed by atoms with Gasteiger partial charge in [-0.1, -0.05) is 27.2 Å². The maximum Gasteiger partial charge on any atom is 0.202 e. The molecule has 0 unspecified atom stereocenters. The van der Waals surface area contributed by atoms with Gasteiger partial charge in [-0.2, -0.15) is 0 Å². The van der Waals surface area contributed by atoms with E-state index in [0.29, 0.717) is 5.33 Å². The first kappa shape index (κ1) is 7.73. The Balaban J connectivity index is 2.80. The molecule has 0 amide bonds. The lowest BCUT2D eigenvalue weighted by Gasteiger charge is -1.88. The molecule has 1 heterocycles.